The molecule has 21 heavy (non-hydrogen) atoms. The quantitative estimate of drug-likeness (QED) is 0.919. The van der Waals surface area contributed by atoms with Crippen LogP contribution in [0.1, 0.15) is 24.8 Å². The summed E-state index contributed by atoms with van der Waals surface area (Å²) in [5.74, 6) is -0.313. The summed E-state index contributed by atoms with van der Waals surface area (Å²) in [6.07, 6.45) is -1.28. The maximum Gasteiger partial charge on any atom is 0.417 e. The minimum atomic E-state index is -4.54. The standard InChI is InChI=1S/C14H16ClF3N2O/c15-12-5-4-10(8-11(12)14(16,17)18)19-13(21)9-20-6-2-1-3-7-20/h4-5,8H,1-3,6-7,9H2,(H,19,21). The third-order valence-electron chi connectivity index (χ3n) is 3.37. The normalized spacial score (nSPS) is 16.8. The Bertz CT molecular complexity index is 513. The fraction of sp³-hybridized carbons (Fsp3) is 0.500. The first-order chi connectivity index (χ1) is 9.86. The highest BCUT2D eigenvalue weighted by molar-refractivity contribution is 6.31. The second kappa shape index (κ2) is 6.66. The van der Waals surface area contributed by atoms with Crippen LogP contribution in [0.2, 0.25) is 5.02 Å². The van der Waals surface area contributed by atoms with Gasteiger partial charge in [-0.3, -0.25) is 9.69 Å². The van der Waals surface area contributed by atoms with Crippen LogP contribution < -0.4 is 5.32 Å². The summed E-state index contributed by atoms with van der Waals surface area (Å²) < 4.78 is 38.2. The lowest BCUT2D eigenvalue weighted by molar-refractivity contribution is -0.137. The van der Waals surface area contributed by atoms with Crippen molar-refractivity contribution in [3.05, 3.63) is 28.8 Å². The molecule has 1 aliphatic rings. The third-order valence-corrected chi connectivity index (χ3v) is 3.70. The van der Waals surface area contributed by atoms with E-state index >= 15 is 0 Å². The molecular formula is C14H16ClF3N2O. The lowest BCUT2D eigenvalue weighted by Gasteiger charge is -2.25. The smallest absolute Gasteiger partial charge is 0.325 e. The first kappa shape index (κ1) is 16.1. The number of carbonyl (C=O) groups is 1. The minimum Gasteiger partial charge on any atom is -0.325 e. The molecule has 0 radical (unpaired) electrons. The molecule has 1 heterocycles. The zero-order chi connectivity index (χ0) is 15.5. The fourth-order valence-electron chi connectivity index (χ4n) is 2.34. The average Bonchev–Trinajstić information content (AvgIpc) is 2.41. The number of likely N-dealkylation sites (tertiary alicyclic amines) is 1. The summed E-state index contributed by atoms with van der Waals surface area (Å²) in [4.78, 5) is 13.9. The lowest BCUT2D eigenvalue weighted by atomic mass is 10.1. The number of hydrogen-bond acceptors (Lipinski definition) is 2. The molecule has 2 rings (SSSR count). The summed E-state index contributed by atoms with van der Waals surface area (Å²) in [7, 11) is 0. The van der Waals surface area contributed by atoms with Gasteiger partial charge in [-0.1, -0.05) is 18.0 Å². The van der Waals surface area contributed by atoms with E-state index in [0.717, 1.165) is 44.5 Å². The summed E-state index contributed by atoms with van der Waals surface area (Å²) in [5, 5.41) is 2.11. The van der Waals surface area contributed by atoms with Gasteiger partial charge in [-0.05, 0) is 44.1 Å². The van der Waals surface area contributed by atoms with Gasteiger partial charge in [0.25, 0.3) is 0 Å². The number of nitrogens with zero attached hydrogens (tertiary/aromatic N) is 1. The van der Waals surface area contributed by atoms with E-state index < -0.39 is 11.7 Å². The number of amides is 1. The average molecular weight is 321 g/mol. The lowest BCUT2D eigenvalue weighted by Crippen LogP contribution is -2.36. The van der Waals surface area contributed by atoms with Gasteiger partial charge >= 0.3 is 6.18 Å². The van der Waals surface area contributed by atoms with Crippen LogP contribution in [-0.2, 0) is 11.0 Å². The molecule has 1 aliphatic heterocycles. The molecule has 1 fully saturated rings. The maximum absolute atomic E-state index is 12.7. The molecule has 0 spiro atoms. The van der Waals surface area contributed by atoms with Crippen molar-refractivity contribution < 1.29 is 18.0 Å². The Morgan fingerprint density at radius 2 is 1.90 bits per heavy atom. The first-order valence-electron chi connectivity index (χ1n) is 6.75. The number of carbonyl (C=O) groups excluding carboxylic acids is 1. The van der Waals surface area contributed by atoms with E-state index in [1.54, 1.807) is 0 Å². The number of hydrogen-bond donors (Lipinski definition) is 1. The maximum atomic E-state index is 12.7. The Morgan fingerprint density at radius 1 is 1.24 bits per heavy atom. The summed E-state index contributed by atoms with van der Waals surface area (Å²) >= 11 is 5.53. The molecule has 1 aromatic carbocycles. The van der Waals surface area contributed by atoms with Gasteiger partial charge in [0, 0.05) is 5.69 Å². The predicted octanol–water partition coefficient (Wildman–Crippen LogP) is 3.78. The van der Waals surface area contributed by atoms with Crippen LogP contribution in [0.5, 0.6) is 0 Å². The van der Waals surface area contributed by atoms with E-state index in [4.69, 9.17) is 11.6 Å². The number of benzene rings is 1. The SMILES string of the molecule is O=C(CN1CCCCC1)Nc1ccc(Cl)c(C(F)(F)F)c1. The number of alkyl halides is 3. The van der Waals surface area contributed by atoms with Crippen LogP contribution in [0.4, 0.5) is 18.9 Å². The Labute approximate surface area is 126 Å². The van der Waals surface area contributed by atoms with Crippen molar-refractivity contribution in [1.29, 1.82) is 0 Å². The van der Waals surface area contributed by atoms with E-state index in [9.17, 15) is 18.0 Å². The van der Waals surface area contributed by atoms with Crippen LogP contribution in [0.25, 0.3) is 0 Å². The summed E-state index contributed by atoms with van der Waals surface area (Å²) in [6.45, 7) is 1.90. The number of nitrogens with one attached hydrogen (secondary N) is 1. The Balaban J connectivity index is 2.00. The molecule has 0 unspecified atom stereocenters. The van der Waals surface area contributed by atoms with E-state index in [1.807, 2.05) is 4.90 Å². The largest absolute Gasteiger partial charge is 0.417 e. The zero-order valence-corrected chi connectivity index (χ0v) is 12.1. The van der Waals surface area contributed by atoms with Crippen LogP contribution in [0.3, 0.4) is 0 Å². The molecule has 1 amide bonds. The van der Waals surface area contributed by atoms with Crippen LogP contribution in [-0.4, -0.2) is 30.4 Å². The van der Waals surface area contributed by atoms with Crippen molar-refractivity contribution in [2.45, 2.75) is 25.4 Å². The van der Waals surface area contributed by atoms with Crippen LogP contribution >= 0.6 is 11.6 Å². The van der Waals surface area contributed by atoms with Gasteiger partial charge in [0.2, 0.25) is 5.91 Å². The highest BCUT2D eigenvalue weighted by atomic mass is 35.5. The van der Waals surface area contributed by atoms with Crippen molar-refractivity contribution in [2.24, 2.45) is 0 Å². The molecule has 1 N–H and O–H groups in total. The molecule has 3 nitrogen and oxygen atoms in total. The Morgan fingerprint density at radius 3 is 2.52 bits per heavy atom. The molecule has 0 saturated carbocycles. The molecule has 0 bridgehead atoms. The topological polar surface area (TPSA) is 32.3 Å². The number of rotatable bonds is 3. The highest BCUT2D eigenvalue weighted by Gasteiger charge is 2.33. The van der Waals surface area contributed by atoms with Crippen molar-refractivity contribution in [1.82, 2.24) is 4.90 Å². The van der Waals surface area contributed by atoms with Gasteiger partial charge in [-0.25, -0.2) is 0 Å². The second-order valence-electron chi connectivity index (χ2n) is 5.08. The van der Waals surface area contributed by atoms with Gasteiger partial charge in [-0.15, -0.1) is 0 Å². The van der Waals surface area contributed by atoms with E-state index in [2.05, 4.69) is 5.32 Å². The minimum absolute atomic E-state index is 0.105. The van der Waals surface area contributed by atoms with Crippen molar-refractivity contribution in [3.8, 4) is 0 Å². The molecule has 116 valence electrons. The van der Waals surface area contributed by atoms with Gasteiger partial charge < -0.3 is 5.32 Å². The number of anilines is 1. The second-order valence-corrected chi connectivity index (χ2v) is 5.48. The van der Waals surface area contributed by atoms with Crippen LogP contribution in [0.15, 0.2) is 18.2 Å². The molecule has 0 aromatic heterocycles. The number of halogens is 4. The molecule has 0 atom stereocenters. The van der Waals surface area contributed by atoms with Crippen molar-refractivity contribution in [3.63, 3.8) is 0 Å². The Hall–Kier alpha value is -1.27. The van der Waals surface area contributed by atoms with Crippen LogP contribution in [0, 0.1) is 0 Å². The first-order valence-corrected chi connectivity index (χ1v) is 7.13. The van der Waals surface area contributed by atoms with Gasteiger partial charge in [-0.2, -0.15) is 13.2 Å². The fourth-order valence-corrected chi connectivity index (χ4v) is 2.57. The van der Waals surface area contributed by atoms with E-state index in [-0.39, 0.29) is 23.2 Å². The molecule has 1 saturated heterocycles. The monoisotopic (exact) mass is 320 g/mol. The molecule has 1 aromatic rings. The molecular weight excluding hydrogens is 305 g/mol. The highest BCUT2D eigenvalue weighted by Crippen LogP contribution is 2.36. The molecule has 0 aliphatic carbocycles. The zero-order valence-electron chi connectivity index (χ0n) is 11.3. The van der Waals surface area contributed by atoms with Gasteiger partial charge in [0.15, 0.2) is 0 Å². The van der Waals surface area contributed by atoms with E-state index in [0.29, 0.717) is 0 Å². The Kier molecular flexibility index (Phi) is 5.11. The van der Waals surface area contributed by atoms with Gasteiger partial charge in [0.05, 0.1) is 17.1 Å². The van der Waals surface area contributed by atoms with Gasteiger partial charge in [0.1, 0.15) is 0 Å². The van der Waals surface area contributed by atoms with E-state index in [1.165, 1.54) is 6.07 Å². The van der Waals surface area contributed by atoms with Crippen molar-refractivity contribution >= 4 is 23.2 Å². The third kappa shape index (κ3) is 4.61. The summed E-state index contributed by atoms with van der Waals surface area (Å²) in [5.41, 5.74) is -0.839. The summed E-state index contributed by atoms with van der Waals surface area (Å²) in [6, 6.07) is 3.36. The van der Waals surface area contributed by atoms with Crippen molar-refractivity contribution in [2.75, 3.05) is 25.0 Å². The predicted molar refractivity (Wildman–Crippen MR) is 75.4 cm³/mol. The molecule has 7 heteroatoms. The number of piperidine rings is 1.